The third kappa shape index (κ3) is 5.43. The zero-order valence-corrected chi connectivity index (χ0v) is 24.1. The molecule has 1 saturated heterocycles. The van der Waals surface area contributed by atoms with Crippen LogP contribution in [0.5, 0.6) is 0 Å². The number of amides is 1. The van der Waals surface area contributed by atoms with Crippen LogP contribution in [0.15, 0.2) is 4.52 Å². The molecule has 1 aliphatic heterocycles. The van der Waals surface area contributed by atoms with Crippen molar-refractivity contribution < 1.29 is 14.2 Å². The molecule has 13 heteroatoms. The molecule has 13 nitrogen and oxygen atoms in total. The molecule has 4 fully saturated rings. The maximum atomic E-state index is 11.8. The van der Waals surface area contributed by atoms with Gasteiger partial charge in [0.2, 0.25) is 11.8 Å². The third-order valence-corrected chi connectivity index (χ3v) is 9.32. The number of imidazole rings is 1. The number of hydroxylamine groups is 1. The molecule has 3 aromatic rings. The molecule has 0 radical (unpaired) electrons. The average molecular weight is 565 g/mol. The molecule has 4 heterocycles. The number of carbonyl (C=O) groups is 1. The van der Waals surface area contributed by atoms with Gasteiger partial charge in [0.1, 0.15) is 5.52 Å². The van der Waals surface area contributed by atoms with E-state index in [2.05, 4.69) is 49.6 Å². The predicted molar refractivity (Wildman–Crippen MR) is 151 cm³/mol. The number of nitrogens with zero attached hydrogens (tertiary/aromatic N) is 7. The topological polar surface area (TPSA) is 148 Å². The molecular weight excluding hydrogens is 524 g/mol. The molecule has 3 aliphatic carbocycles. The van der Waals surface area contributed by atoms with Crippen LogP contribution in [0.25, 0.3) is 11.2 Å². The first kappa shape index (κ1) is 26.4. The number of aromatic nitrogens is 6. The Hall–Kier alpha value is -3.48. The van der Waals surface area contributed by atoms with Crippen molar-refractivity contribution >= 4 is 29.0 Å². The van der Waals surface area contributed by atoms with Crippen LogP contribution in [0.2, 0.25) is 0 Å². The highest BCUT2D eigenvalue weighted by molar-refractivity contribution is 5.86. The number of hydrogen-bond donors (Lipinski definition) is 3. The van der Waals surface area contributed by atoms with Gasteiger partial charge >= 0.3 is 6.09 Å². The maximum absolute atomic E-state index is 11.8. The summed E-state index contributed by atoms with van der Waals surface area (Å²) in [5.41, 5.74) is 4.16. The fourth-order valence-corrected chi connectivity index (χ4v) is 6.30. The van der Waals surface area contributed by atoms with Crippen LogP contribution in [-0.4, -0.2) is 48.8 Å². The van der Waals surface area contributed by atoms with Gasteiger partial charge in [0, 0.05) is 25.6 Å². The SMILES string of the molecule is CC1CCC(Cn2c(N(C)Cc3noc(C4CC4)n3)nc3nc(C4NOC(=O)N4)nc(N[C@H](C)C4CCC4)c32)CC1. The standard InChI is InChI=1S/C28H40N10O3/c1-15-7-9-17(10-8-15)13-38-21-22(29-16(2)18-5-4-6-18)31-24(25-34-28(39)41-36-25)32-23(21)33-27(38)37(3)14-20-30-26(40-35-20)19-11-12-19/h15-19,25,36H,4-14H2,1-3H3,(H,34,39)(H,29,31,32)/t15?,16-,17?,25?/m1/s1. The van der Waals surface area contributed by atoms with E-state index in [0.717, 1.165) is 48.5 Å². The molecule has 3 saturated carbocycles. The summed E-state index contributed by atoms with van der Waals surface area (Å²) in [6, 6.07) is 0.248. The van der Waals surface area contributed by atoms with Gasteiger partial charge < -0.3 is 24.1 Å². The number of fused-ring (bicyclic) bond motifs is 1. The van der Waals surface area contributed by atoms with Crippen molar-refractivity contribution in [3.05, 3.63) is 17.5 Å². The zero-order valence-electron chi connectivity index (χ0n) is 24.1. The highest BCUT2D eigenvalue weighted by atomic mass is 16.7. The van der Waals surface area contributed by atoms with Crippen molar-refractivity contribution in [2.45, 2.75) is 103 Å². The molecule has 0 spiro atoms. The molecule has 0 aromatic carbocycles. The highest BCUT2D eigenvalue weighted by Gasteiger charge is 2.33. The smallest absolute Gasteiger partial charge is 0.365 e. The van der Waals surface area contributed by atoms with Gasteiger partial charge in [-0.3, -0.25) is 5.32 Å². The lowest BCUT2D eigenvalue weighted by atomic mass is 9.80. The largest absolute Gasteiger partial charge is 0.427 e. The summed E-state index contributed by atoms with van der Waals surface area (Å²) in [4.78, 5) is 38.3. The molecule has 7 rings (SSSR count). The molecule has 3 aromatic heterocycles. The normalized spacial score (nSPS) is 25.5. The van der Waals surface area contributed by atoms with Crippen molar-refractivity contribution in [1.29, 1.82) is 0 Å². The minimum absolute atomic E-state index is 0.248. The molecule has 1 amide bonds. The van der Waals surface area contributed by atoms with Gasteiger partial charge in [0.15, 0.2) is 29.3 Å². The Kier molecular flexibility index (Phi) is 6.92. The Morgan fingerprint density at radius 2 is 1.88 bits per heavy atom. The van der Waals surface area contributed by atoms with Crippen molar-refractivity contribution in [3.63, 3.8) is 0 Å². The van der Waals surface area contributed by atoms with Crippen LogP contribution < -0.4 is 21.0 Å². The Balaban J connectivity index is 1.28. The van der Waals surface area contributed by atoms with Crippen molar-refractivity contribution in [1.82, 2.24) is 40.5 Å². The third-order valence-electron chi connectivity index (χ3n) is 9.32. The summed E-state index contributed by atoms with van der Waals surface area (Å²) in [5, 5.41) is 10.7. The van der Waals surface area contributed by atoms with Gasteiger partial charge in [0.05, 0.1) is 6.54 Å². The molecule has 220 valence electrons. The van der Waals surface area contributed by atoms with Crippen LogP contribution in [0.4, 0.5) is 16.6 Å². The van der Waals surface area contributed by atoms with E-state index in [0.29, 0.717) is 41.6 Å². The molecule has 3 N–H and O–H groups in total. The quantitative estimate of drug-likeness (QED) is 0.322. The van der Waals surface area contributed by atoms with Crippen LogP contribution in [-0.2, 0) is 17.9 Å². The van der Waals surface area contributed by atoms with Gasteiger partial charge in [-0.25, -0.2) is 14.8 Å². The number of anilines is 2. The molecule has 1 unspecified atom stereocenters. The molecule has 2 atom stereocenters. The average Bonchev–Trinajstić information content (AvgIpc) is 3.31. The van der Waals surface area contributed by atoms with Crippen LogP contribution in [0, 0.1) is 17.8 Å². The molecular formula is C28H40N10O3. The van der Waals surface area contributed by atoms with E-state index in [1.165, 1.54) is 44.9 Å². The van der Waals surface area contributed by atoms with Crippen molar-refractivity contribution in [2.75, 3.05) is 17.3 Å². The lowest BCUT2D eigenvalue weighted by Gasteiger charge is -2.32. The van der Waals surface area contributed by atoms with Gasteiger partial charge in [-0.15, -0.1) is 5.48 Å². The Labute approximate surface area is 239 Å². The second kappa shape index (κ2) is 10.7. The second-order valence-electron chi connectivity index (χ2n) is 12.6. The Morgan fingerprint density at radius 3 is 2.56 bits per heavy atom. The van der Waals surface area contributed by atoms with Crippen molar-refractivity contribution in [3.8, 4) is 0 Å². The lowest BCUT2D eigenvalue weighted by Crippen LogP contribution is -2.32. The summed E-state index contributed by atoms with van der Waals surface area (Å²) in [6.07, 6.45) is 9.58. The van der Waals surface area contributed by atoms with E-state index in [4.69, 9.17) is 24.3 Å². The van der Waals surface area contributed by atoms with Crippen molar-refractivity contribution in [2.24, 2.45) is 17.8 Å². The minimum Gasteiger partial charge on any atom is -0.365 e. The van der Waals surface area contributed by atoms with Crippen LogP contribution >= 0.6 is 0 Å². The minimum atomic E-state index is -0.655. The van der Waals surface area contributed by atoms with E-state index in [9.17, 15) is 4.79 Å². The summed E-state index contributed by atoms with van der Waals surface area (Å²) in [7, 11) is 2.01. The van der Waals surface area contributed by atoms with Gasteiger partial charge in [-0.1, -0.05) is 31.3 Å². The van der Waals surface area contributed by atoms with Crippen LogP contribution in [0.3, 0.4) is 0 Å². The number of nitrogens with one attached hydrogen (secondary N) is 3. The van der Waals surface area contributed by atoms with Gasteiger partial charge in [-0.2, -0.15) is 9.97 Å². The van der Waals surface area contributed by atoms with E-state index in [1.54, 1.807) is 0 Å². The molecule has 41 heavy (non-hydrogen) atoms. The van der Waals surface area contributed by atoms with Gasteiger partial charge in [-0.05, 0) is 63.2 Å². The summed E-state index contributed by atoms with van der Waals surface area (Å²) < 4.78 is 7.81. The number of carbonyl (C=O) groups excluding carboxylic acids is 1. The van der Waals surface area contributed by atoms with E-state index in [-0.39, 0.29) is 6.04 Å². The fraction of sp³-hybridized carbons (Fsp3) is 0.714. The Morgan fingerprint density at radius 1 is 1.07 bits per heavy atom. The first-order valence-electron chi connectivity index (χ1n) is 15.2. The van der Waals surface area contributed by atoms with Crippen LogP contribution in [0.1, 0.15) is 101 Å². The molecule has 4 aliphatic rings. The lowest BCUT2D eigenvalue weighted by molar-refractivity contribution is 0.120. The zero-order chi connectivity index (χ0) is 28.1. The van der Waals surface area contributed by atoms with E-state index < -0.39 is 12.3 Å². The van der Waals surface area contributed by atoms with E-state index in [1.807, 2.05) is 7.05 Å². The number of rotatable bonds is 10. The number of hydrogen-bond acceptors (Lipinski definition) is 11. The first-order valence-corrected chi connectivity index (χ1v) is 15.2. The first-order chi connectivity index (χ1) is 19.9. The molecule has 0 bridgehead atoms. The second-order valence-corrected chi connectivity index (χ2v) is 12.6. The predicted octanol–water partition coefficient (Wildman–Crippen LogP) is 4.39. The van der Waals surface area contributed by atoms with E-state index >= 15 is 0 Å². The fourth-order valence-electron chi connectivity index (χ4n) is 6.30. The monoisotopic (exact) mass is 564 g/mol. The summed E-state index contributed by atoms with van der Waals surface area (Å²) in [5.74, 6) is 5.65. The summed E-state index contributed by atoms with van der Waals surface area (Å²) >= 11 is 0. The highest BCUT2D eigenvalue weighted by Crippen LogP contribution is 2.39. The summed E-state index contributed by atoms with van der Waals surface area (Å²) in [6.45, 7) is 5.87. The van der Waals surface area contributed by atoms with Gasteiger partial charge in [0.25, 0.3) is 0 Å². The Bertz CT molecular complexity index is 1410. The maximum Gasteiger partial charge on any atom is 0.427 e.